The largest absolute Gasteiger partial charge is 0.493 e. The Morgan fingerprint density at radius 1 is 1.10 bits per heavy atom. The van der Waals surface area contributed by atoms with E-state index in [1.165, 1.54) is 7.11 Å². The van der Waals surface area contributed by atoms with Crippen molar-refractivity contribution in [2.45, 2.75) is 6.61 Å². The summed E-state index contributed by atoms with van der Waals surface area (Å²) in [4.78, 5) is 0. The van der Waals surface area contributed by atoms with Crippen molar-refractivity contribution in [2.24, 2.45) is 0 Å². The predicted molar refractivity (Wildman–Crippen MR) is 78.5 cm³/mol. The van der Waals surface area contributed by atoms with Crippen molar-refractivity contribution in [1.82, 2.24) is 0 Å². The summed E-state index contributed by atoms with van der Waals surface area (Å²) in [5, 5.41) is 9.94. The average Bonchev–Trinajstić information content (AvgIpc) is 2.46. The first-order chi connectivity index (χ1) is 9.65. The molecule has 0 heterocycles. The molecule has 5 heteroatoms. The molecule has 3 nitrogen and oxygen atoms in total. The number of nitrogens with zero attached hydrogens (tertiary/aromatic N) is 1. The van der Waals surface area contributed by atoms with Crippen LogP contribution in [0.15, 0.2) is 36.4 Å². The molecule has 20 heavy (non-hydrogen) atoms. The fraction of sp³-hybridized carbons (Fsp3) is 0.133. The Hall–Kier alpha value is -1.89. The van der Waals surface area contributed by atoms with Crippen molar-refractivity contribution in [3.05, 3.63) is 57.6 Å². The van der Waals surface area contributed by atoms with Gasteiger partial charge in [0.1, 0.15) is 6.61 Å². The lowest BCUT2D eigenvalue weighted by molar-refractivity contribution is 0.284. The fourth-order valence-electron chi connectivity index (χ4n) is 1.68. The maximum Gasteiger partial charge on any atom is 0.162 e. The van der Waals surface area contributed by atoms with Crippen molar-refractivity contribution in [2.75, 3.05) is 7.11 Å². The zero-order valence-corrected chi connectivity index (χ0v) is 12.2. The van der Waals surface area contributed by atoms with E-state index in [1.807, 2.05) is 6.07 Å². The van der Waals surface area contributed by atoms with Gasteiger partial charge in [-0.2, -0.15) is 5.26 Å². The van der Waals surface area contributed by atoms with Gasteiger partial charge in [0.25, 0.3) is 0 Å². The zero-order chi connectivity index (χ0) is 14.5. The minimum atomic E-state index is 0.223. The maximum atomic E-state index is 8.85. The van der Waals surface area contributed by atoms with Crippen molar-refractivity contribution >= 4 is 23.2 Å². The lowest BCUT2D eigenvalue weighted by Gasteiger charge is -2.12. The number of rotatable bonds is 4. The van der Waals surface area contributed by atoms with E-state index in [4.69, 9.17) is 37.9 Å². The lowest BCUT2D eigenvalue weighted by Crippen LogP contribution is -1.99. The summed E-state index contributed by atoms with van der Waals surface area (Å²) < 4.78 is 10.9. The quantitative estimate of drug-likeness (QED) is 0.838. The molecular weight excluding hydrogens is 297 g/mol. The van der Waals surface area contributed by atoms with Crippen LogP contribution < -0.4 is 9.47 Å². The van der Waals surface area contributed by atoms with E-state index in [1.54, 1.807) is 36.4 Å². The number of halogens is 2. The van der Waals surface area contributed by atoms with Gasteiger partial charge in [-0.3, -0.25) is 0 Å². The molecule has 0 aliphatic heterocycles. The van der Waals surface area contributed by atoms with Gasteiger partial charge >= 0.3 is 0 Å². The molecule has 2 aromatic rings. The predicted octanol–water partition coefficient (Wildman–Crippen LogP) is 4.45. The number of hydrogen-bond acceptors (Lipinski definition) is 3. The van der Waals surface area contributed by atoms with Crippen LogP contribution >= 0.6 is 23.2 Å². The van der Waals surface area contributed by atoms with E-state index in [9.17, 15) is 0 Å². The van der Waals surface area contributed by atoms with Gasteiger partial charge < -0.3 is 9.47 Å². The minimum absolute atomic E-state index is 0.223. The van der Waals surface area contributed by atoms with Gasteiger partial charge in [0, 0.05) is 21.7 Å². The van der Waals surface area contributed by atoms with Crippen LogP contribution in [-0.2, 0) is 6.61 Å². The highest BCUT2D eigenvalue weighted by atomic mass is 35.5. The summed E-state index contributed by atoms with van der Waals surface area (Å²) in [6.07, 6.45) is 0. The van der Waals surface area contributed by atoms with Crippen LogP contribution in [0.5, 0.6) is 11.5 Å². The smallest absolute Gasteiger partial charge is 0.162 e. The topological polar surface area (TPSA) is 42.2 Å². The molecule has 0 saturated carbocycles. The van der Waals surface area contributed by atoms with E-state index in [2.05, 4.69) is 0 Å². The summed E-state index contributed by atoms with van der Waals surface area (Å²) in [7, 11) is 1.52. The molecule has 0 fully saturated rings. The third-order valence-electron chi connectivity index (χ3n) is 2.73. The molecule has 2 rings (SSSR count). The van der Waals surface area contributed by atoms with Crippen molar-refractivity contribution in [3.8, 4) is 17.6 Å². The van der Waals surface area contributed by atoms with Gasteiger partial charge in [-0.05, 0) is 24.3 Å². The van der Waals surface area contributed by atoms with E-state index in [0.717, 1.165) is 0 Å². The molecule has 0 N–H and O–H groups in total. The Kier molecular flexibility index (Phi) is 4.73. The number of nitriles is 1. The molecule has 0 aromatic heterocycles. The van der Waals surface area contributed by atoms with Crippen molar-refractivity contribution in [3.63, 3.8) is 0 Å². The second-order valence-electron chi connectivity index (χ2n) is 3.97. The third-order valence-corrected chi connectivity index (χ3v) is 3.43. The number of hydrogen-bond donors (Lipinski definition) is 0. The number of benzene rings is 2. The monoisotopic (exact) mass is 307 g/mol. The molecule has 0 spiro atoms. The van der Waals surface area contributed by atoms with Gasteiger partial charge in [-0.1, -0.05) is 29.3 Å². The molecule has 0 radical (unpaired) electrons. The van der Waals surface area contributed by atoms with Crippen LogP contribution in [0.1, 0.15) is 11.1 Å². The molecule has 0 amide bonds. The van der Waals surface area contributed by atoms with Crippen molar-refractivity contribution in [1.29, 1.82) is 5.26 Å². The van der Waals surface area contributed by atoms with Gasteiger partial charge in [0.15, 0.2) is 11.5 Å². The number of ether oxygens (including phenoxy) is 2. The highest BCUT2D eigenvalue weighted by Gasteiger charge is 2.09. The fourth-order valence-corrected chi connectivity index (χ4v) is 2.18. The van der Waals surface area contributed by atoms with Gasteiger partial charge in [0.2, 0.25) is 0 Å². The molecule has 0 unspecified atom stereocenters. The lowest BCUT2D eigenvalue weighted by atomic mass is 10.2. The minimum Gasteiger partial charge on any atom is -0.493 e. The van der Waals surface area contributed by atoms with E-state index in [-0.39, 0.29) is 6.61 Å². The van der Waals surface area contributed by atoms with Crippen LogP contribution in [0.4, 0.5) is 0 Å². The van der Waals surface area contributed by atoms with Gasteiger partial charge in [0.05, 0.1) is 18.7 Å². The maximum absolute atomic E-state index is 8.85. The molecule has 2 aromatic carbocycles. The highest BCUT2D eigenvalue weighted by Crippen LogP contribution is 2.31. The third kappa shape index (κ3) is 3.16. The van der Waals surface area contributed by atoms with E-state index >= 15 is 0 Å². The first kappa shape index (κ1) is 14.5. The first-order valence-corrected chi connectivity index (χ1v) is 6.55. The second kappa shape index (κ2) is 6.51. The summed E-state index contributed by atoms with van der Waals surface area (Å²) in [5.74, 6) is 1.02. The van der Waals surface area contributed by atoms with Crippen molar-refractivity contribution < 1.29 is 9.47 Å². The summed E-state index contributed by atoms with van der Waals surface area (Å²) in [5.41, 5.74) is 1.22. The Morgan fingerprint density at radius 2 is 1.80 bits per heavy atom. The summed E-state index contributed by atoms with van der Waals surface area (Å²) in [6, 6.07) is 12.3. The Balaban J connectivity index is 2.21. The molecule has 0 bridgehead atoms. The molecule has 0 saturated heterocycles. The summed E-state index contributed by atoms with van der Waals surface area (Å²) in [6.45, 7) is 0.223. The van der Waals surface area contributed by atoms with Crippen LogP contribution in [0.3, 0.4) is 0 Å². The number of methoxy groups -OCH3 is 1. The second-order valence-corrected chi connectivity index (χ2v) is 4.78. The molecule has 102 valence electrons. The Morgan fingerprint density at radius 3 is 2.40 bits per heavy atom. The highest BCUT2D eigenvalue weighted by molar-refractivity contribution is 6.35. The standard InChI is InChI=1S/C15H11Cl2NO2/c1-19-15-7-10(8-18)5-6-14(15)20-9-11-12(16)3-2-4-13(11)17/h2-7H,9H2,1H3. The average molecular weight is 308 g/mol. The van der Waals surface area contributed by atoms with Gasteiger partial charge in [-0.25, -0.2) is 0 Å². The van der Waals surface area contributed by atoms with E-state index in [0.29, 0.717) is 32.7 Å². The van der Waals surface area contributed by atoms with Crippen LogP contribution in [0.25, 0.3) is 0 Å². The zero-order valence-electron chi connectivity index (χ0n) is 10.7. The Bertz CT molecular complexity index is 645. The SMILES string of the molecule is COc1cc(C#N)ccc1OCc1c(Cl)cccc1Cl. The van der Waals surface area contributed by atoms with Crippen LogP contribution in [-0.4, -0.2) is 7.11 Å². The van der Waals surface area contributed by atoms with E-state index < -0.39 is 0 Å². The molecule has 0 aliphatic carbocycles. The van der Waals surface area contributed by atoms with Crippen LogP contribution in [0, 0.1) is 11.3 Å². The molecule has 0 atom stereocenters. The van der Waals surface area contributed by atoms with Crippen LogP contribution in [0.2, 0.25) is 10.0 Å². The normalized spacial score (nSPS) is 9.90. The summed E-state index contributed by atoms with van der Waals surface area (Å²) >= 11 is 12.2. The molecule has 0 aliphatic rings. The first-order valence-electron chi connectivity index (χ1n) is 5.79. The Labute approximate surface area is 127 Å². The van der Waals surface area contributed by atoms with Gasteiger partial charge in [-0.15, -0.1) is 0 Å². The molecular formula is C15H11Cl2NO2.